The predicted molar refractivity (Wildman–Crippen MR) is 107 cm³/mol. The van der Waals surface area contributed by atoms with Crippen molar-refractivity contribution in [3.8, 4) is 0 Å². The van der Waals surface area contributed by atoms with Gasteiger partial charge in [-0.1, -0.05) is 48.9 Å². The lowest BCUT2D eigenvalue weighted by atomic mass is 10.0. The third-order valence-corrected chi connectivity index (χ3v) is 5.75. The molecule has 0 bridgehead atoms. The fourth-order valence-electron chi connectivity index (χ4n) is 2.54. The Hall–Kier alpha value is -2.51. The average Bonchev–Trinajstić information content (AvgIpc) is 2.67. The van der Waals surface area contributed by atoms with Gasteiger partial charge in [-0.2, -0.15) is 0 Å². The topological polar surface area (TPSA) is 89.5 Å². The number of ketones is 1. The molecule has 0 radical (unpaired) electrons. The van der Waals surface area contributed by atoms with Gasteiger partial charge in [0.05, 0.1) is 11.3 Å². The van der Waals surface area contributed by atoms with Crippen molar-refractivity contribution in [3.63, 3.8) is 0 Å². The van der Waals surface area contributed by atoms with Crippen LogP contribution in [0.5, 0.6) is 0 Å². The van der Waals surface area contributed by atoms with Crippen LogP contribution in [0.1, 0.15) is 41.8 Å². The summed E-state index contributed by atoms with van der Waals surface area (Å²) in [4.78, 5) is 24.4. The molecule has 0 saturated heterocycles. The molecular formula is C21H25NO5S. The van der Waals surface area contributed by atoms with Gasteiger partial charge >= 0.3 is 5.97 Å². The summed E-state index contributed by atoms with van der Waals surface area (Å²) in [5.41, 5.74) is 2.53. The molecule has 1 N–H and O–H groups in total. The van der Waals surface area contributed by atoms with E-state index in [4.69, 9.17) is 4.74 Å². The fourth-order valence-corrected chi connectivity index (χ4v) is 3.57. The molecule has 150 valence electrons. The van der Waals surface area contributed by atoms with Crippen LogP contribution in [-0.4, -0.2) is 32.8 Å². The summed E-state index contributed by atoms with van der Waals surface area (Å²) in [7, 11) is -3.69. The zero-order valence-corrected chi connectivity index (χ0v) is 17.1. The van der Waals surface area contributed by atoms with Gasteiger partial charge in [-0.25, -0.2) is 13.1 Å². The van der Waals surface area contributed by atoms with E-state index in [1.165, 1.54) is 19.1 Å². The van der Waals surface area contributed by atoms with Crippen molar-refractivity contribution >= 4 is 21.8 Å². The largest absolute Gasteiger partial charge is 0.454 e. The number of carbonyl (C=O) groups excluding carboxylic acids is 2. The number of Topliss-reactive ketones (excluding diaryl/α,β-unsaturated/α-hetero) is 1. The maximum absolute atomic E-state index is 12.3. The Labute approximate surface area is 166 Å². The van der Waals surface area contributed by atoms with E-state index in [-0.39, 0.29) is 23.6 Å². The summed E-state index contributed by atoms with van der Waals surface area (Å²) >= 11 is 0. The quantitative estimate of drug-likeness (QED) is 0.513. The van der Waals surface area contributed by atoms with Crippen molar-refractivity contribution in [2.75, 3.05) is 6.54 Å². The smallest absolute Gasteiger partial charge is 0.307 e. The van der Waals surface area contributed by atoms with Crippen LogP contribution in [0.2, 0.25) is 0 Å². The highest BCUT2D eigenvalue weighted by atomic mass is 32.2. The second kappa shape index (κ2) is 9.61. The first kappa shape index (κ1) is 21.8. The van der Waals surface area contributed by atoms with Crippen molar-refractivity contribution in [2.24, 2.45) is 0 Å². The van der Waals surface area contributed by atoms with Gasteiger partial charge in [0.15, 0.2) is 6.10 Å². The van der Waals surface area contributed by atoms with Crippen LogP contribution in [0.25, 0.3) is 0 Å². The highest BCUT2D eigenvalue weighted by Crippen LogP contribution is 2.11. The lowest BCUT2D eigenvalue weighted by molar-refractivity contribution is -0.146. The highest BCUT2D eigenvalue weighted by Gasteiger charge is 2.20. The molecular weight excluding hydrogens is 378 g/mol. The number of rotatable bonds is 9. The van der Waals surface area contributed by atoms with Crippen molar-refractivity contribution in [3.05, 3.63) is 65.2 Å². The molecule has 0 aliphatic rings. The molecule has 0 aliphatic carbocycles. The van der Waals surface area contributed by atoms with Crippen LogP contribution in [0.4, 0.5) is 0 Å². The normalized spacial score (nSPS) is 12.4. The molecule has 7 heteroatoms. The van der Waals surface area contributed by atoms with E-state index in [0.717, 1.165) is 17.5 Å². The zero-order valence-electron chi connectivity index (χ0n) is 16.3. The molecule has 0 fully saturated rings. The summed E-state index contributed by atoms with van der Waals surface area (Å²) in [6.07, 6.45) is -0.233. The van der Waals surface area contributed by atoms with Crippen LogP contribution in [0.15, 0.2) is 53.4 Å². The van der Waals surface area contributed by atoms with E-state index in [1.54, 1.807) is 24.3 Å². The molecule has 6 nitrogen and oxygen atoms in total. The predicted octanol–water partition coefficient (Wildman–Crippen LogP) is 3.04. The molecule has 2 rings (SSSR count). The first-order chi connectivity index (χ1) is 13.2. The van der Waals surface area contributed by atoms with Gasteiger partial charge in [-0.15, -0.1) is 0 Å². The third kappa shape index (κ3) is 6.00. The van der Waals surface area contributed by atoms with E-state index in [2.05, 4.69) is 4.72 Å². The van der Waals surface area contributed by atoms with Gasteiger partial charge in [0.1, 0.15) is 0 Å². The van der Waals surface area contributed by atoms with Gasteiger partial charge in [-0.3, -0.25) is 9.59 Å². The van der Waals surface area contributed by atoms with Crippen LogP contribution in [0, 0.1) is 6.92 Å². The number of benzene rings is 2. The summed E-state index contributed by atoms with van der Waals surface area (Å²) in [5.74, 6) is -0.936. The summed E-state index contributed by atoms with van der Waals surface area (Å²) in [6, 6.07) is 13.5. The molecule has 0 aromatic heterocycles. The number of aryl methyl sites for hydroxylation is 2. The second-order valence-corrected chi connectivity index (χ2v) is 8.27. The van der Waals surface area contributed by atoms with E-state index >= 15 is 0 Å². The number of hydrogen-bond donors (Lipinski definition) is 1. The first-order valence-electron chi connectivity index (χ1n) is 9.12. The Balaban J connectivity index is 1.84. The summed E-state index contributed by atoms with van der Waals surface area (Å²) in [5, 5.41) is 0. The van der Waals surface area contributed by atoms with E-state index in [1.807, 2.05) is 26.0 Å². The minimum Gasteiger partial charge on any atom is -0.454 e. The molecule has 0 saturated carbocycles. The Kier molecular flexibility index (Phi) is 7.48. The van der Waals surface area contributed by atoms with E-state index in [9.17, 15) is 18.0 Å². The SMILES string of the molecule is CCc1ccc(C(=O)C(C)OC(=O)CCNS(=O)(=O)c2ccc(C)cc2)cc1. The number of ether oxygens (including phenoxy) is 1. The van der Waals surface area contributed by atoms with Gasteiger partial charge in [0, 0.05) is 12.1 Å². The van der Waals surface area contributed by atoms with Crippen molar-refractivity contribution in [1.82, 2.24) is 4.72 Å². The number of esters is 1. The van der Waals surface area contributed by atoms with Crippen LogP contribution in [-0.2, 0) is 26.0 Å². The Morgan fingerprint density at radius 3 is 2.21 bits per heavy atom. The van der Waals surface area contributed by atoms with Crippen LogP contribution >= 0.6 is 0 Å². The second-order valence-electron chi connectivity index (χ2n) is 6.51. The van der Waals surface area contributed by atoms with Gasteiger partial charge < -0.3 is 4.74 Å². The molecule has 28 heavy (non-hydrogen) atoms. The maximum Gasteiger partial charge on any atom is 0.307 e. The molecule has 0 amide bonds. The standard InChI is InChI=1S/C21H25NO5S/c1-4-17-7-9-18(10-8-17)21(24)16(3)27-20(23)13-14-22-28(25,26)19-11-5-15(2)6-12-19/h5-12,16,22H,4,13-14H2,1-3H3. The van der Waals surface area contributed by atoms with Gasteiger partial charge in [0.25, 0.3) is 0 Å². The van der Waals surface area contributed by atoms with Gasteiger partial charge in [-0.05, 0) is 38.0 Å². The zero-order chi connectivity index (χ0) is 20.7. The number of nitrogens with one attached hydrogen (secondary N) is 1. The fraction of sp³-hybridized carbons (Fsp3) is 0.333. The highest BCUT2D eigenvalue weighted by molar-refractivity contribution is 7.89. The monoisotopic (exact) mass is 403 g/mol. The minimum absolute atomic E-state index is 0.110. The van der Waals surface area contributed by atoms with Crippen LogP contribution < -0.4 is 4.72 Å². The molecule has 2 aromatic carbocycles. The van der Waals surface area contributed by atoms with Crippen molar-refractivity contribution in [1.29, 1.82) is 0 Å². The van der Waals surface area contributed by atoms with Crippen molar-refractivity contribution < 1.29 is 22.7 Å². The Bertz CT molecular complexity index is 918. The lowest BCUT2D eigenvalue weighted by Crippen LogP contribution is -2.29. The number of hydrogen-bond acceptors (Lipinski definition) is 5. The van der Waals surface area contributed by atoms with Gasteiger partial charge in [0.2, 0.25) is 15.8 Å². The Morgan fingerprint density at radius 2 is 1.64 bits per heavy atom. The molecule has 0 spiro atoms. The molecule has 1 atom stereocenters. The molecule has 0 aliphatic heterocycles. The first-order valence-corrected chi connectivity index (χ1v) is 10.6. The number of sulfonamides is 1. The molecule has 0 heterocycles. The van der Waals surface area contributed by atoms with Crippen molar-refractivity contribution in [2.45, 2.75) is 44.6 Å². The summed E-state index contributed by atoms with van der Waals surface area (Å²) in [6.45, 7) is 5.28. The minimum atomic E-state index is -3.69. The lowest BCUT2D eigenvalue weighted by Gasteiger charge is -2.13. The summed E-state index contributed by atoms with van der Waals surface area (Å²) < 4.78 is 31.8. The molecule has 1 unspecified atom stereocenters. The maximum atomic E-state index is 12.3. The Morgan fingerprint density at radius 1 is 1.04 bits per heavy atom. The number of carbonyl (C=O) groups is 2. The van der Waals surface area contributed by atoms with E-state index in [0.29, 0.717) is 5.56 Å². The average molecular weight is 404 g/mol. The molecule has 2 aromatic rings. The van der Waals surface area contributed by atoms with E-state index < -0.39 is 22.1 Å². The third-order valence-electron chi connectivity index (χ3n) is 4.28. The van der Waals surface area contributed by atoms with Crippen LogP contribution in [0.3, 0.4) is 0 Å².